The Labute approximate surface area is 183 Å². The Hall–Kier alpha value is -4.33. The third-order valence-corrected chi connectivity index (χ3v) is 5.64. The van der Waals surface area contributed by atoms with Crippen LogP contribution in [-0.2, 0) is 9.47 Å². The van der Waals surface area contributed by atoms with Gasteiger partial charge in [0, 0.05) is 34.6 Å². The molecule has 2 aromatic carbocycles. The smallest absolute Gasteiger partial charge is 0.414 e. The van der Waals surface area contributed by atoms with Crippen molar-refractivity contribution in [2.45, 2.75) is 6.04 Å². The highest BCUT2D eigenvalue weighted by atomic mass is 16.5. The molecule has 1 unspecified atom stereocenters. The Morgan fingerprint density at radius 3 is 2.53 bits per heavy atom. The van der Waals surface area contributed by atoms with Gasteiger partial charge in [0.15, 0.2) is 0 Å². The second-order valence-corrected chi connectivity index (χ2v) is 7.32. The van der Waals surface area contributed by atoms with E-state index in [0.717, 1.165) is 39.0 Å². The van der Waals surface area contributed by atoms with Gasteiger partial charge in [-0.3, -0.25) is 10.2 Å². The lowest BCUT2D eigenvalue weighted by Crippen LogP contribution is -2.35. The van der Waals surface area contributed by atoms with Crippen LogP contribution in [0, 0.1) is 0 Å². The maximum absolute atomic E-state index is 13.1. The number of anilines is 2. The Balaban J connectivity index is 1.74. The molecule has 8 heteroatoms. The summed E-state index contributed by atoms with van der Waals surface area (Å²) in [5.74, 6) is 0. The number of nitrogens with zero attached hydrogens (tertiary/aromatic N) is 2. The fourth-order valence-corrected chi connectivity index (χ4v) is 4.26. The minimum absolute atomic E-state index is 0.477. The van der Waals surface area contributed by atoms with Crippen LogP contribution in [0.5, 0.6) is 0 Å². The van der Waals surface area contributed by atoms with E-state index in [1.165, 1.54) is 14.2 Å². The van der Waals surface area contributed by atoms with Gasteiger partial charge in [-0.05, 0) is 35.4 Å². The summed E-state index contributed by atoms with van der Waals surface area (Å²) in [6, 6.07) is 16.5. The monoisotopic (exact) mass is 428 g/mol. The number of H-pyrrole nitrogens is 1. The number of nitrogens with one attached hydrogen (secondary N) is 2. The number of hydrogen-bond acceptors (Lipinski definition) is 5. The molecule has 0 spiro atoms. The summed E-state index contributed by atoms with van der Waals surface area (Å²) in [5.41, 5.74) is 5.72. The summed E-state index contributed by atoms with van der Waals surface area (Å²) < 4.78 is 9.86. The first kappa shape index (κ1) is 19.6. The Morgan fingerprint density at radius 1 is 1.00 bits per heavy atom. The SMILES string of the molecule is COC(=O)Nc1ccc(C2c3c[nH]c4nccc(c34)-c3ccccc3N2C(=O)OC)cc1. The van der Waals surface area contributed by atoms with Gasteiger partial charge in [0.05, 0.1) is 25.9 Å². The molecule has 0 fully saturated rings. The number of pyridine rings is 1. The van der Waals surface area contributed by atoms with Gasteiger partial charge in [-0.1, -0.05) is 30.3 Å². The molecule has 3 heterocycles. The van der Waals surface area contributed by atoms with Crippen LogP contribution in [0.3, 0.4) is 0 Å². The molecule has 5 rings (SSSR count). The number of amides is 2. The molecule has 160 valence electrons. The number of methoxy groups -OCH3 is 2. The standard InChI is InChI=1S/C24H20N4O4/c1-31-23(29)27-15-9-7-14(8-10-15)21-18-13-26-22-20(18)17(11-12-25-22)16-5-3-4-6-19(16)28(21)24(30)32-2/h3-13,21H,1-2H3,(H,25,26)(H,27,29). The predicted molar refractivity (Wildman–Crippen MR) is 121 cm³/mol. The van der Waals surface area contributed by atoms with Gasteiger partial charge in [0.25, 0.3) is 0 Å². The van der Waals surface area contributed by atoms with Crippen LogP contribution in [0.15, 0.2) is 67.0 Å². The highest BCUT2D eigenvalue weighted by Gasteiger charge is 2.36. The summed E-state index contributed by atoms with van der Waals surface area (Å²) in [5, 5.41) is 3.59. The van der Waals surface area contributed by atoms with Gasteiger partial charge in [0.2, 0.25) is 0 Å². The number of rotatable bonds is 2. The normalized spacial score (nSPS) is 14.4. The van der Waals surface area contributed by atoms with E-state index in [1.54, 1.807) is 23.2 Å². The largest absolute Gasteiger partial charge is 0.453 e. The molecular weight excluding hydrogens is 408 g/mol. The number of aromatic amines is 1. The fraction of sp³-hybridized carbons (Fsp3) is 0.125. The van der Waals surface area contributed by atoms with Crippen molar-refractivity contribution < 1.29 is 19.1 Å². The summed E-state index contributed by atoms with van der Waals surface area (Å²) in [6.07, 6.45) is 2.61. The molecule has 0 saturated carbocycles. The number of para-hydroxylation sites is 1. The summed E-state index contributed by atoms with van der Waals surface area (Å²) in [7, 11) is 2.68. The third kappa shape index (κ3) is 3.04. The van der Waals surface area contributed by atoms with Crippen molar-refractivity contribution >= 4 is 34.6 Å². The van der Waals surface area contributed by atoms with E-state index in [4.69, 9.17) is 4.74 Å². The lowest BCUT2D eigenvalue weighted by atomic mass is 9.96. The number of carbonyl (C=O) groups is 2. The third-order valence-electron chi connectivity index (χ3n) is 5.64. The van der Waals surface area contributed by atoms with Gasteiger partial charge in [0.1, 0.15) is 5.65 Å². The van der Waals surface area contributed by atoms with Crippen LogP contribution >= 0.6 is 0 Å². The van der Waals surface area contributed by atoms with Crippen molar-refractivity contribution in [2.24, 2.45) is 0 Å². The molecule has 1 aliphatic heterocycles. The van der Waals surface area contributed by atoms with Crippen molar-refractivity contribution in [1.29, 1.82) is 0 Å². The molecule has 2 N–H and O–H groups in total. The van der Waals surface area contributed by atoms with E-state index in [2.05, 4.69) is 20.0 Å². The van der Waals surface area contributed by atoms with Crippen LogP contribution in [0.1, 0.15) is 17.2 Å². The molecule has 2 amide bonds. The van der Waals surface area contributed by atoms with Gasteiger partial charge in [-0.25, -0.2) is 14.6 Å². The molecule has 0 saturated heterocycles. The first-order valence-corrected chi connectivity index (χ1v) is 10.00. The molecule has 2 aromatic heterocycles. The van der Waals surface area contributed by atoms with Crippen molar-refractivity contribution in [1.82, 2.24) is 9.97 Å². The first-order chi connectivity index (χ1) is 15.6. The van der Waals surface area contributed by atoms with E-state index in [1.807, 2.05) is 48.7 Å². The van der Waals surface area contributed by atoms with E-state index in [0.29, 0.717) is 5.69 Å². The molecule has 0 radical (unpaired) electrons. The number of ether oxygens (including phenoxy) is 2. The topological polar surface area (TPSA) is 96.5 Å². The van der Waals surface area contributed by atoms with Crippen LogP contribution in [0.2, 0.25) is 0 Å². The van der Waals surface area contributed by atoms with E-state index in [9.17, 15) is 9.59 Å². The van der Waals surface area contributed by atoms with Crippen LogP contribution < -0.4 is 10.2 Å². The van der Waals surface area contributed by atoms with Crippen LogP contribution in [0.25, 0.3) is 22.2 Å². The van der Waals surface area contributed by atoms with E-state index < -0.39 is 18.2 Å². The average Bonchev–Trinajstić information content (AvgIpc) is 3.21. The Morgan fingerprint density at radius 2 is 1.78 bits per heavy atom. The van der Waals surface area contributed by atoms with Crippen LogP contribution in [0.4, 0.5) is 21.0 Å². The Kier molecular flexibility index (Phi) is 4.74. The number of fused-ring (bicyclic) bond motifs is 2. The zero-order valence-electron chi connectivity index (χ0n) is 17.5. The predicted octanol–water partition coefficient (Wildman–Crippen LogP) is 5.08. The number of hydrogen-bond donors (Lipinski definition) is 2. The van der Waals surface area contributed by atoms with E-state index in [-0.39, 0.29) is 0 Å². The Bertz CT molecular complexity index is 1330. The van der Waals surface area contributed by atoms with Crippen molar-refractivity contribution in [2.75, 3.05) is 24.4 Å². The zero-order valence-corrected chi connectivity index (χ0v) is 17.5. The molecule has 4 aromatic rings. The number of aromatic nitrogens is 2. The van der Waals surface area contributed by atoms with Gasteiger partial charge in [-0.2, -0.15) is 0 Å². The summed E-state index contributed by atoms with van der Waals surface area (Å²) in [4.78, 5) is 34.0. The minimum Gasteiger partial charge on any atom is -0.453 e. The van der Waals surface area contributed by atoms with Crippen molar-refractivity contribution in [3.8, 4) is 11.1 Å². The zero-order chi connectivity index (χ0) is 22.2. The molecule has 0 aliphatic carbocycles. The summed E-state index contributed by atoms with van der Waals surface area (Å²) >= 11 is 0. The maximum atomic E-state index is 13.1. The average molecular weight is 428 g/mol. The molecule has 1 atom stereocenters. The van der Waals surface area contributed by atoms with Gasteiger partial charge < -0.3 is 14.5 Å². The number of benzene rings is 2. The first-order valence-electron chi connectivity index (χ1n) is 10.00. The summed E-state index contributed by atoms with van der Waals surface area (Å²) in [6.45, 7) is 0. The van der Waals surface area contributed by atoms with E-state index >= 15 is 0 Å². The van der Waals surface area contributed by atoms with Crippen LogP contribution in [-0.4, -0.2) is 36.4 Å². The molecule has 1 aliphatic rings. The fourth-order valence-electron chi connectivity index (χ4n) is 4.26. The lowest BCUT2D eigenvalue weighted by molar-refractivity contribution is 0.177. The second-order valence-electron chi connectivity index (χ2n) is 7.32. The van der Waals surface area contributed by atoms with Crippen molar-refractivity contribution in [3.05, 3.63) is 78.1 Å². The van der Waals surface area contributed by atoms with Crippen molar-refractivity contribution in [3.63, 3.8) is 0 Å². The maximum Gasteiger partial charge on any atom is 0.414 e. The molecule has 32 heavy (non-hydrogen) atoms. The molecular formula is C24H20N4O4. The van der Waals surface area contributed by atoms with Gasteiger partial charge >= 0.3 is 12.2 Å². The number of carbonyl (C=O) groups excluding carboxylic acids is 2. The van der Waals surface area contributed by atoms with Gasteiger partial charge in [-0.15, -0.1) is 0 Å². The highest BCUT2D eigenvalue weighted by Crippen LogP contribution is 2.47. The molecule has 8 nitrogen and oxygen atoms in total. The minimum atomic E-state index is -0.551. The highest BCUT2D eigenvalue weighted by molar-refractivity contribution is 6.06. The lowest BCUT2D eigenvalue weighted by Gasteiger charge is -2.30. The molecule has 0 bridgehead atoms. The quantitative estimate of drug-likeness (QED) is 0.464. The second kappa shape index (κ2) is 7.73.